The Morgan fingerprint density at radius 1 is 1.23 bits per heavy atom. The Morgan fingerprint density at radius 3 is 2.65 bits per heavy atom. The maximum Gasteiger partial charge on any atom is 0.254 e. The zero-order valence-electron chi connectivity index (χ0n) is 14.6. The molecule has 1 aliphatic rings. The lowest BCUT2D eigenvalue weighted by molar-refractivity contribution is 0.0731. The van der Waals surface area contributed by atoms with E-state index in [1.807, 2.05) is 42.2 Å². The SMILES string of the molecule is Cc1nc(CSc2ccc(C(=O)N(Cc3cccs3)C3CC3)cc2)cs1. The molecule has 0 N–H and O–H groups in total. The highest BCUT2D eigenvalue weighted by Crippen LogP contribution is 2.31. The van der Waals surface area contributed by atoms with Gasteiger partial charge in [0, 0.05) is 32.5 Å². The van der Waals surface area contributed by atoms with E-state index in [2.05, 4.69) is 21.8 Å². The Bertz CT molecular complexity index is 867. The molecular formula is C20H20N2OS3. The van der Waals surface area contributed by atoms with Crippen molar-refractivity contribution < 1.29 is 4.79 Å². The highest BCUT2D eigenvalue weighted by molar-refractivity contribution is 7.98. The van der Waals surface area contributed by atoms with Gasteiger partial charge in [0.05, 0.1) is 17.2 Å². The first-order valence-corrected chi connectivity index (χ1v) is 11.4. The predicted octanol–water partition coefficient (Wildman–Crippen LogP) is 5.61. The minimum Gasteiger partial charge on any atom is -0.331 e. The lowest BCUT2D eigenvalue weighted by Crippen LogP contribution is -2.32. The molecule has 2 heterocycles. The lowest BCUT2D eigenvalue weighted by atomic mass is 10.2. The van der Waals surface area contributed by atoms with Crippen LogP contribution in [0, 0.1) is 6.92 Å². The molecule has 0 radical (unpaired) electrons. The largest absolute Gasteiger partial charge is 0.331 e. The third kappa shape index (κ3) is 4.37. The van der Waals surface area contributed by atoms with Crippen LogP contribution in [-0.2, 0) is 12.3 Å². The van der Waals surface area contributed by atoms with Crippen LogP contribution in [0.1, 0.15) is 38.8 Å². The van der Waals surface area contributed by atoms with Crippen LogP contribution in [0.25, 0.3) is 0 Å². The topological polar surface area (TPSA) is 33.2 Å². The summed E-state index contributed by atoms with van der Waals surface area (Å²) in [5, 5.41) is 5.28. The number of benzene rings is 1. The number of nitrogens with zero attached hydrogens (tertiary/aromatic N) is 2. The smallest absolute Gasteiger partial charge is 0.254 e. The van der Waals surface area contributed by atoms with Crippen LogP contribution >= 0.6 is 34.4 Å². The lowest BCUT2D eigenvalue weighted by Gasteiger charge is -2.22. The first-order valence-electron chi connectivity index (χ1n) is 8.66. The Labute approximate surface area is 166 Å². The number of thioether (sulfide) groups is 1. The minimum atomic E-state index is 0.146. The molecule has 3 aromatic rings. The molecule has 0 bridgehead atoms. The summed E-state index contributed by atoms with van der Waals surface area (Å²) in [5.74, 6) is 1.01. The normalized spacial score (nSPS) is 13.7. The molecule has 0 atom stereocenters. The number of rotatable bonds is 7. The summed E-state index contributed by atoms with van der Waals surface area (Å²) in [6, 6.07) is 12.6. The van der Waals surface area contributed by atoms with Crippen LogP contribution in [0.3, 0.4) is 0 Å². The van der Waals surface area contributed by atoms with Gasteiger partial charge in [-0.05, 0) is 55.5 Å². The third-order valence-corrected chi connectivity index (χ3v) is 7.04. The third-order valence-electron chi connectivity index (χ3n) is 4.31. The number of thiophene rings is 1. The standard InChI is InChI=1S/C20H20N2OS3/c1-14-21-16(12-25-14)13-26-18-8-4-15(5-9-18)20(23)22(17-6-7-17)11-19-3-2-10-24-19/h2-5,8-10,12,17H,6-7,11,13H2,1H3. The van der Waals surface area contributed by atoms with E-state index in [0.29, 0.717) is 6.04 Å². The molecule has 0 saturated heterocycles. The van der Waals surface area contributed by atoms with E-state index in [9.17, 15) is 4.79 Å². The number of aryl methyl sites for hydroxylation is 1. The van der Waals surface area contributed by atoms with E-state index in [1.54, 1.807) is 34.4 Å². The molecule has 1 aliphatic carbocycles. The molecular weight excluding hydrogens is 380 g/mol. The highest BCUT2D eigenvalue weighted by Gasteiger charge is 2.33. The van der Waals surface area contributed by atoms with E-state index < -0.39 is 0 Å². The quantitative estimate of drug-likeness (QED) is 0.483. The Morgan fingerprint density at radius 2 is 2.04 bits per heavy atom. The molecule has 0 unspecified atom stereocenters. The number of aromatic nitrogens is 1. The maximum absolute atomic E-state index is 13.0. The van der Waals surface area contributed by atoms with Crippen molar-refractivity contribution in [1.82, 2.24) is 9.88 Å². The monoisotopic (exact) mass is 400 g/mol. The first-order chi connectivity index (χ1) is 12.7. The fourth-order valence-corrected chi connectivity index (χ4v) is 5.03. The number of hydrogen-bond donors (Lipinski definition) is 0. The average molecular weight is 401 g/mol. The Kier molecular flexibility index (Phi) is 5.43. The molecule has 26 heavy (non-hydrogen) atoms. The number of carbonyl (C=O) groups is 1. The van der Waals surface area contributed by atoms with Gasteiger partial charge in [-0.3, -0.25) is 4.79 Å². The van der Waals surface area contributed by atoms with E-state index >= 15 is 0 Å². The van der Waals surface area contributed by atoms with E-state index in [4.69, 9.17) is 0 Å². The second-order valence-electron chi connectivity index (χ2n) is 6.41. The van der Waals surface area contributed by atoms with Crippen molar-refractivity contribution >= 4 is 40.3 Å². The van der Waals surface area contributed by atoms with Crippen LogP contribution in [0.2, 0.25) is 0 Å². The zero-order chi connectivity index (χ0) is 17.9. The van der Waals surface area contributed by atoms with Gasteiger partial charge in [0.15, 0.2) is 0 Å². The average Bonchev–Trinajstić information content (AvgIpc) is 3.20. The summed E-state index contributed by atoms with van der Waals surface area (Å²) in [6.07, 6.45) is 2.25. The number of amides is 1. The molecule has 0 aliphatic heterocycles. The van der Waals surface area contributed by atoms with Gasteiger partial charge < -0.3 is 4.90 Å². The van der Waals surface area contributed by atoms with E-state index in [1.165, 1.54) is 9.77 Å². The number of thiazole rings is 1. The highest BCUT2D eigenvalue weighted by atomic mass is 32.2. The van der Waals surface area contributed by atoms with Crippen LogP contribution in [-0.4, -0.2) is 21.8 Å². The second kappa shape index (κ2) is 7.94. The van der Waals surface area contributed by atoms with Gasteiger partial charge in [0.1, 0.15) is 0 Å². The van der Waals surface area contributed by atoms with E-state index in [-0.39, 0.29) is 5.91 Å². The molecule has 1 amide bonds. The van der Waals surface area contributed by atoms with Gasteiger partial charge in [-0.15, -0.1) is 34.4 Å². The van der Waals surface area contributed by atoms with Gasteiger partial charge in [-0.25, -0.2) is 4.98 Å². The van der Waals surface area contributed by atoms with Crippen molar-refractivity contribution in [3.63, 3.8) is 0 Å². The number of carbonyl (C=O) groups excluding carboxylic acids is 1. The van der Waals surface area contributed by atoms with Crippen molar-refractivity contribution in [2.45, 2.75) is 43.0 Å². The zero-order valence-corrected chi connectivity index (χ0v) is 17.0. The predicted molar refractivity (Wildman–Crippen MR) is 110 cm³/mol. The Balaban J connectivity index is 1.40. The van der Waals surface area contributed by atoms with Crippen LogP contribution in [0.5, 0.6) is 0 Å². The molecule has 6 heteroatoms. The molecule has 1 saturated carbocycles. The molecule has 0 spiro atoms. The van der Waals surface area contributed by atoms with Crippen molar-refractivity contribution in [2.75, 3.05) is 0 Å². The van der Waals surface area contributed by atoms with Gasteiger partial charge in [0.2, 0.25) is 0 Å². The molecule has 2 aromatic heterocycles. The number of hydrogen-bond acceptors (Lipinski definition) is 5. The van der Waals surface area contributed by atoms with E-state index in [0.717, 1.165) is 41.4 Å². The van der Waals surface area contributed by atoms with Crippen LogP contribution in [0.15, 0.2) is 52.1 Å². The molecule has 3 nitrogen and oxygen atoms in total. The molecule has 1 fully saturated rings. The summed E-state index contributed by atoms with van der Waals surface area (Å²) in [6.45, 7) is 2.75. The molecule has 4 rings (SSSR count). The summed E-state index contributed by atoms with van der Waals surface area (Å²) in [4.78, 5) is 21.9. The van der Waals surface area contributed by atoms with Crippen LogP contribution in [0.4, 0.5) is 0 Å². The molecule has 1 aromatic carbocycles. The van der Waals surface area contributed by atoms with Crippen molar-refractivity contribution in [2.24, 2.45) is 0 Å². The second-order valence-corrected chi connectivity index (χ2v) is 9.56. The molecule has 134 valence electrons. The summed E-state index contributed by atoms with van der Waals surface area (Å²) in [7, 11) is 0. The summed E-state index contributed by atoms with van der Waals surface area (Å²) >= 11 is 5.16. The fraction of sp³-hybridized carbons (Fsp3) is 0.300. The van der Waals surface area contributed by atoms with Crippen molar-refractivity contribution in [1.29, 1.82) is 0 Å². The van der Waals surface area contributed by atoms with Crippen LogP contribution < -0.4 is 0 Å². The first kappa shape index (κ1) is 17.8. The van der Waals surface area contributed by atoms with Gasteiger partial charge >= 0.3 is 0 Å². The van der Waals surface area contributed by atoms with Crippen molar-refractivity contribution in [3.8, 4) is 0 Å². The summed E-state index contributed by atoms with van der Waals surface area (Å²) in [5.41, 5.74) is 1.90. The fourth-order valence-electron chi connectivity index (χ4n) is 2.81. The van der Waals surface area contributed by atoms with Gasteiger partial charge in [0.25, 0.3) is 5.91 Å². The van der Waals surface area contributed by atoms with Gasteiger partial charge in [-0.2, -0.15) is 0 Å². The van der Waals surface area contributed by atoms with Gasteiger partial charge in [-0.1, -0.05) is 6.07 Å². The summed E-state index contributed by atoms with van der Waals surface area (Å²) < 4.78 is 0. The minimum absolute atomic E-state index is 0.146. The Hall–Kier alpha value is -1.63. The van der Waals surface area contributed by atoms with Crippen molar-refractivity contribution in [3.05, 3.63) is 68.3 Å². The maximum atomic E-state index is 13.0.